The largest absolute Gasteiger partial charge is 0.309 e. The number of aromatic nitrogens is 2. The zero-order valence-electron chi connectivity index (χ0n) is 11.8. The fourth-order valence-corrected chi connectivity index (χ4v) is 4.23. The summed E-state index contributed by atoms with van der Waals surface area (Å²) in [5.41, 5.74) is 1.35. The Morgan fingerprint density at radius 2 is 2.39 bits per heavy atom. The summed E-state index contributed by atoms with van der Waals surface area (Å²) in [6.07, 6.45) is 8.05. The van der Waals surface area contributed by atoms with Crippen molar-refractivity contribution in [1.29, 1.82) is 0 Å². The highest BCUT2D eigenvalue weighted by Gasteiger charge is 2.38. The Kier molecular flexibility index (Phi) is 4.73. The van der Waals surface area contributed by atoms with E-state index in [4.69, 9.17) is 0 Å². The van der Waals surface area contributed by atoms with E-state index in [1.54, 1.807) is 0 Å². The van der Waals surface area contributed by atoms with Crippen LogP contribution >= 0.6 is 11.8 Å². The second-order valence-corrected chi connectivity index (χ2v) is 6.92. The molecule has 1 aromatic rings. The molecule has 2 unspecified atom stereocenters. The van der Waals surface area contributed by atoms with E-state index >= 15 is 0 Å². The third-order valence-corrected chi connectivity index (χ3v) is 5.30. The quantitative estimate of drug-likeness (QED) is 0.858. The van der Waals surface area contributed by atoms with E-state index in [0.717, 1.165) is 19.5 Å². The van der Waals surface area contributed by atoms with E-state index < -0.39 is 0 Å². The molecule has 1 fully saturated rings. The normalized spacial score (nSPS) is 25.5. The SMILES string of the molecule is CCCn1cc(C(NCC)C2(C)CCCS2)cn1. The van der Waals surface area contributed by atoms with Crippen LogP contribution in [0.4, 0.5) is 0 Å². The Labute approximate surface area is 115 Å². The zero-order valence-corrected chi connectivity index (χ0v) is 12.6. The molecule has 1 saturated heterocycles. The molecule has 0 radical (unpaired) electrons. The maximum absolute atomic E-state index is 4.48. The highest BCUT2D eigenvalue weighted by Crippen LogP contribution is 2.46. The smallest absolute Gasteiger partial charge is 0.0538 e. The first-order chi connectivity index (χ1) is 8.69. The lowest BCUT2D eigenvalue weighted by molar-refractivity contribution is 0.421. The molecule has 1 aliphatic heterocycles. The molecule has 18 heavy (non-hydrogen) atoms. The molecule has 0 aliphatic carbocycles. The Bertz CT molecular complexity index is 369. The van der Waals surface area contributed by atoms with Gasteiger partial charge in [0, 0.05) is 29.1 Å². The minimum absolute atomic E-state index is 0.329. The number of nitrogens with one attached hydrogen (secondary N) is 1. The van der Waals surface area contributed by atoms with Gasteiger partial charge in [0.15, 0.2) is 0 Å². The van der Waals surface area contributed by atoms with Gasteiger partial charge in [-0.05, 0) is 38.5 Å². The van der Waals surface area contributed by atoms with Gasteiger partial charge in [-0.2, -0.15) is 16.9 Å². The summed E-state index contributed by atoms with van der Waals surface area (Å²) in [6.45, 7) is 8.81. The molecule has 102 valence electrons. The predicted molar refractivity (Wildman–Crippen MR) is 79.0 cm³/mol. The molecule has 0 saturated carbocycles. The van der Waals surface area contributed by atoms with Gasteiger partial charge in [0.05, 0.1) is 6.20 Å². The molecule has 0 bridgehead atoms. The van der Waals surface area contributed by atoms with Crippen molar-refractivity contribution >= 4 is 11.8 Å². The molecule has 0 spiro atoms. The van der Waals surface area contributed by atoms with Gasteiger partial charge in [-0.3, -0.25) is 4.68 Å². The van der Waals surface area contributed by atoms with E-state index in [1.165, 1.54) is 24.2 Å². The van der Waals surface area contributed by atoms with Crippen molar-refractivity contribution in [1.82, 2.24) is 15.1 Å². The van der Waals surface area contributed by atoms with Crippen molar-refractivity contribution in [3.63, 3.8) is 0 Å². The lowest BCUT2D eigenvalue weighted by Gasteiger charge is -2.33. The van der Waals surface area contributed by atoms with Crippen LogP contribution in [0.5, 0.6) is 0 Å². The third kappa shape index (κ3) is 2.91. The predicted octanol–water partition coefficient (Wildman–Crippen LogP) is 3.23. The third-order valence-electron chi connectivity index (χ3n) is 3.71. The van der Waals surface area contributed by atoms with Gasteiger partial charge in [0.25, 0.3) is 0 Å². The first kappa shape index (κ1) is 13.9. The molecule has 1 N–H and O–H groups in total. The van der Waals surface area contributed by atoms with Gasteiger partial charge in [-0.15, -0.1) is 0 Å². The molecule has 3 nitrogen and oxygen atoms in total. The topological polar surface area (TPSA) is 29.9 Å². The summed E-state index contributed by atoms with van der Waals surface area (Å²) in [5, 5.41) is 8.14. The van der Waals surface area contributed by atoms with Crippen molar-refractivity contribution in [2.45, 2.75) is 57.4 Å². The summed E-state index contributed by atoms with van der Waals surface area (Å²) in [5.74, 6) is 1.29. The second-order valence-electron chi connectivity index (χ2n) is 5.29. The molecular formula is C14H25N3S. The van der Waals surface area contributed by atoms with Gasteiger partial charge in [-0.25, -0.2) is 0 Å². The Balaban J connectivity index is 2.17. The highest BCUT2D eigenvalue weighted by molar-refractivity contribution is 8.00. The van der Waals surface area contributed by atoms with Gasteiger partial charge < -0.3 is 5.32 Å². The van der Waals surface area contributed by atoms with Crippen LogP contribution in [-0.2, 0) is 6.54 Å². The molecule has 4 heteroatoms. The van der Waals surface area contributed by atoms with Crippen LogP contribution in [0.2, 0.25) is 0 Å². The van der Waals surface area contributed by atoms with Crippen molar-refractivity contribution in [2.24, 2.45) is 0 Å². The van der Waals surface area contributed by atoms with Crippen LogP contribution in [0.3, 0.4) is 0 Å². The van der Waals surface area contributed by atoms with Crippen molar-refractivity contribution in [3.8, 4) is 0 Å². The van der Waals surface area contributed by atoms with Crippen LogP contribution in [0.15, 0.2) is 12.4 Å². The van der Waals surface area contributed by atoms with Crippen molar-refractivity contribution < 1.29 is 0 Å². The van der Waals surface area contributed by atoms with Crippen LogP contribution in [-0.4, -0.2) is 26.8 Å². The summed E-state index contributed by atoms with van der Waals surface area (Å²) in [7, 11) is 0. The van der Waals surface area contributed by atoms with Gasteiger partial charge in [0.1, 0.15) is 0 Å². The van der Waals surface area contributed by atoms with Crippen molar-refractivity contribution in [3.05, 3.63) is 18.0 Å². The van der Waals surface area contributed by atoms with Crippen LogP contribution in [0.25, 0.3) is 0 Å². The summed E-state index contributed by atoms with van der Waals surface area (Å²) in [4.78, 5) is 0. The second kappa shape index (κ2) is 6.11. The van der Waals surface area contributed by atoms with Crippen molar-refractivity contribution in [2.75, 3.05) is 12.3 Å². The zero-order chi connectivity index (χ0) is 13.0. The summed E-state index contributed by atoms with van der Waals surface area (Å²) >= 11 is 2.11. The van der Waals surface area contributed by atoms with Gasteiger partial charge >= 0.3 is 0 Å². The molecule has 1 aliphatic rings. The summed E-state index contributed by atoms with van der Waals surface area (Å²) in [6, 6.07) is 0.431. The lowest BCUT2D eigenvalue weighted by atomic mass is 9.92. The van der Waals surface area contributed by atoms with E-state index in [1.807, 2.05) is 6.20 Å². The van der Waals surface area contributed by atoms with E-state index in [0.29, 0.717) is 10.8 Å². The molecule has 2 atom stereocenters. The minimum atomic E-state index is 0.329. The van der Waals surface area contributed by atoms with Crippen LogP contribution in [0.1, 0.15) is 51.6 Å². The fraction of sp³-hybridized carbons (Fsp3) is 0.786. The molecule has 2 heterocycles. The van der Waals surface area contributed by atoms with E-state index in [9.17, 15) is 0 Å². The number of thioether (sulfide) groups is 1. The molecule has 2 rings (SSSR count). The molecule has 0 amide bonds. The lowest BCUT2D eigenvalue weighted by Crippen LogP contribution is -2.37. The Morgan fingerprint density at radius 3 is 3.00 bits per heavy atom. The maximum Gasteiger partial charge on any atom is 0.0538 e. The first-order valence-corrected chi connectivity index (χ1v) is 8.08. The number of hydrogen-bond acceptors (Lipinski definition) is 3. The number of aryl methyl sites for hydroxylation is 1. The molecular weight excluding hydrogens is 242 g/mol. The Morgan fingerprint density at radius 1 is 1.56 bits per heavy atom. The van der Waals surface area contributed by atoms with Crippen LogP contribution in [0, 0.1) is 0 Å². The minimum Gasteiger partial charge on any atom is -0.309 e. The molecule has 0 aromatic carbocycles. The highest BCUT2D eigenvalue weighted by atomic mass is 32.2. The van der Waals surface area contributed by atoms with Gasteiger partial charge in [0.2, 0.25) is 0 Å². The van der Waals surface area contributed by atoms with E-state index in [-0.39, 0.29) is 0 Å². The van der Waals surface area contributed by atoms with Gasteiger partial charge in [-0.1, -0.05) is 13.8 Å². The maximum atomic E-state index is 4.48. The average Bonchev–Trinajstić information content (AvgIpc) is 2.97. The first-order valence-electron chi connectivity index (χ1n) is 7.09. The summed E-state index contributed by atoms with van der Waals surface area (Å²) < 4.78 is 2.40. The standard InChI is InChI=1S/C14H25N3S/c1-4-8-17-11-12(10-16-17)13(15-5-2)14(3)7-6-9-18-14/h10-11,13,15H,4-9H2,1-3H3. The van der Waals surface area contributed by atoms with Crippen LogP contribution < -0.4 is 5.32 Å². The number of rotatable bonds is 6. The fourth-order valence-electron chi connectivity index (χ4n) is 2.80. The number of hydrogen-bond donors (Lipinski definition) is 1. The molecule has 1 aromatic heterocycles. The average molecular weight is 267 g/mol. The monoisotopic (exact) mass is 267 g/mol. The number of nitrogens with zero attached hydrogens (tertiary/aromatic N) is 2. The Hall–Kier alpha value is -0.480. The van der Waals surface area contributed by atoms with E-state index in [2.05, 4.69) is 53.8 Å².